The normalized spacial score (nSPS) is 21.0. The Balaban J connectivity index is 2.46. The third-order valence-electron chi connectivity index (χ3n) is 4.70. The maximum atomic E-state index is 12.2. The minimum absolute atomic E-state index is 0.163. The Hall–Kier alpha value is -0.770. The molecule has 1 rings (SSSR count). The maximum Gasteiger partial charge on any atom is 0.410 e. The molecule has 1 heterocycles. The minimum Gasteiger partial charge on any atom is -0.444 e. The zero-order valence-electron chi connectivity index (χ0n) is 15.4. The van der Waals surface area contributed by atoms with Crippen molar-refractivity contribution >= 4 is 6.09 Å². The first-order valence-corrected chi connectivity index (χ1v) is 8.98. The van der Waals surface area contributed by atoms with Gasteiger partial charge in [-0.3, -0.25) is 0 Å². The number of piperidine rings is 1. The molecule has 1 N–H and O–H groups in total. The van der Waals surface area contributed by atoms with Crippen LogP contribution in [0.3, 0.4) is 0 Å². The maximum absolute atomic E-state index is 12.2. The van der Waals surface area contributed by atoms with Gasteiger partial charge in [0.05, 0.1) is 0 Å². The van der Waals surface area contributed by atoms with Crippen molar-refractivity contribution in [3.63, 3.8) is 0 Å². The van der Waals surface area contributed by atoms with Crippen molar-refractivity contribution in [1.29, 1.82) is 0 Å². The molecule has 1 aliphatic heterocycles. The summed E-state index contributed by atoms with van der Waals surface area (Å²) in [6.07, 6.45) is 4.55. The summed E-state index contributed by atoms with van der Waals surface area (Å²) in [6.45, 7) is 15.3. The van der Waals surface area contributed by atoms with Gasteiger partial charge in [0, 0.05) is 19.1 Å². The lowest BCUT2D eigenvalue weighted by Crippen LogP contribution is -2.48. The van der Waals surface area contributed by atoms with E-state index in [4.69, 9.17) is 4.74 Å². The molecule has 22 heavy (non-hydrogen) atoms. The first-order valence-electron chi connectivity index (χ1n) is 8.98. The van der Waals surface area contributed by atoms with Crippen molar-refractivity contribution in [2.24, 2.45) is 11.8 Å². The number of amides is 1. The molecule has 0 radical (unpaired) electrons. The van der Waals surface area contributed by atoms with Gasteiger partial charge in [0.1, 0.15) is 5.60 Å². The van der Waals surface area contributed by atoms with Crippen molar-refractivity contribution in [3.8, 4) is 0 Å². The second-order valence-corrected chi connectivity index (χ2v) is 7.71. The zero-order valence-corrected chi connectivity index (χ0v) is 15.4. The average Bonchev–Trinajstić information content (AvgIpc) is 2.46. The van der Waals surface area contributed by atoms with Crippen LogP contribution in [0.15, 0.2) is 0 Å². The fourth-order valence-corrected chi connectivity index (χ4v) is 3.01. The second-order valence-electron chi connectivity index (χ2n) is 7.71. The molecule has 0 saturated carbocycles. The molecule has 2 atom stereocenters. The number of ether oxygens (including phenoxy) is 1. The fraction of sp³-hybridized carbons (Fsp3) is 0.944. The molecule has 0 aromatic heterocycles. The largest absolute Gasteiger partial charge is 0.444 e. The van der Waals surface area contributed by atoms with Crippen LogP contribution in [-0.4, -0.2) is 42.3 Å². The number of hydrogen-bond donors (Lipinski definition) is 1. The number of rotatable bonds is 6. The van der Waals surface area contributed by atoms with Crippen LogP contribution in [0.5, 0.6) is 0 Å². The van der Waals surface area contributed by atoms with Gasteiger partial charge in [-0.15, -0.1) is 0 Å². The van der Waals surface area contributed by atoms with E-state index < -0.39 is 5.60 Å². The average molecular weight is 312 g/mol. The summed E-state index contributed by atoms with van der Waals surface area (Å²) in [4.78, 5) is 14.1. The second kappa shape index (κ2) is 8.76. The molecule has 1 aliphatic rings. The van der Waals surface area contributed by atoms with E-state index in [0.29, 0.717) is 12.0 Å². The standard InChI is InChI=1S/C18H36N2O2/c1-7-15(8-2)12-19-14(3)16-10-9-11-20(13-16)17(21)22-18(4,5)6/h14-16,19H,7-13H2,1-6H3. The van der Waals surface area contributed by atoms with Gasteiger partial charge in [-0.05, 0) is 58.9 Å². The topological polar surface area (TPSA) is 41.6 Å². The molecule has 1 saturated heterocycles. The van der Waals surface area contributed by atoms with Crippen molar-refractivity contribution in [2.75, 3.05) is 19.6 Å². The SMILES string of the molecule is CCC(CC)CNC(C)C1CCCN(C(=O)OC(C)(C)C)C1. The van der Waals surface area contributed by atoms with E-state index >= 15 is 0 Å². The van der Waals surface area contributed by atoms with Crippen LogP contribution in [0.25, 0.3) is 0 Å². The van der Waals surface area contributed by atoms with Gasteiger partial charge in [-0.25, -0.2) is 4.79 Å². The predicted octanol–water partition coefficient (Wildman–Crippen LogP) is 4.05. The van der Waals surface area contributed by atoms with Crippen LogP contribution in [0, 0.1) is 11.8 Å². The number of carbonyl (C=O) groups is 1. The summed E-state index contributed by atoms with van der Waals surface area (Å²) in [6, 6.07) is 0.450. The molecule has 4 heteroatoms. The summed E-state index contributed by atoms with van der Waals surface area (Å²) in [5.41, 5.74) is -0.413. The molecule has 0 aromatic rings. The van der Waals surface area contributed by atoms with Crippen molar-refractivity contribution in [1.82, 2.24) is 10.2 Å². The van der Waals surface area contributed by atoms with Gasteiger partial charge in [0.15, 0.2) is 0 Å². The van der Waals surface area contributed by atoms with E-state index in [-0.39, 0.29) is 6.09 Å². The van der Waals surface area contributed by atoms with Crippen LogP contribution >= 0.6 is 0 Å². The van der Waals surface area contributed by atoms with Crippen LogP contribution in [0.2, 0.25) is 0 Å². The third kappa shape index (κ3) is 6.55. The molecule has 0 aromatic carbocycles. The molecular formula is C18H36N2O2. The van der Waals surface area contributed by atoms with E-state index in [2.05, 4.69) is 26.1 Å². The summed E-state index contributed by atoms with van der Waals surface area (Å²) < 4.78 is 5.50. The lowest BCUT2D eigenvalue weighted by atomic mass is 9.91. The highest BCUT2D eigenvalue weighted by molar-refractivity contribution is 5.68. The Morgan fingerprint density at radius 2 is 1.95 bits per heavy atom. The predicted molar refractivity (Wildman–Crippen MR) is 92.1 cm³/mol. The summed E-state index contributed by atoms with van der Waals surface area (Å²) >= 11 is 0. The van der Waals surface area contributed by atoms with Gasteiger partial charge in [0.2, 0.25) is 0 Å². The van der Waals surface area contributed by atoms with Gasteiger partial charge in [0.25, 0.3) is 0 Å². The van der Waals surface area contributed by atoms with Crippen LogP contribution in [0.1, 0.15) is 67.2 Å². The van der Waals surface area contributed by atoms with Gasteiger partial charge >= 0.3 is 6.09 Å². The van der Waals surface area contributed by atoms with Crippen molar-refractivity contribution in [2.45, 2.75) is 78.9 Å². The molecule has 4 nitrogen and oxygen atoms in total. The Morgan fingerprint density at radius 3 is 2.50 bits per heavy atom. The van der Waals surface area contributed by atoms with Crippen molar-refractivity contribution < 1.29 is 9.53 Å². The molecular weight excluding hydrogens is 276 g/mol. The molecule has 1 amide bonds. The molecule has 1 fully saturated rings. The van der Waals surface area contributed by atoms with Gasteiger partial charge in [-0.1, -0.05) is 26.7 Å². The lowest BCUT2D eigenvalue weighted by Gasteiger charge is -2.37. The summed E-state index contributed by atoms with van der Waals surface area (Å²) in [5, 5.41) is 3.68. The van der Waals surface area contributed by atoms with E-state index in [1.807, 2.05) is 25.7 Å². The monoisotopic (exact) mass is 312 g/mol. The number of nitrogens with zero attached hydrogens (tertiary/aromatic N) is 1. The quantitative estimate of drug-likeness (QED) is 0.804. The highest BCUT2D eigenvalue weighted by atomic mass is 16.6. The first kappa shape index (κ1) is 19.3. The lowest BCUT2D eigenvalue weighted by molar-refractivity contribution is 0.0148. The highest BCUT2D eigenvalue weighted by Crippen LogP contribution is 2.22. The van der Waals surface area contributed by atoms with Gasteiger partial charge < -0.3 is 15.0 Å². The zero-order chi connectivity index (χ0) is 16.8. The Bertz CT molecular complexity index is 334. The first-order chi connectivity index (χ1) is 10.3. The highest BCUT2D eigenvalue weighted by Gasteiger charge is 2.30. The van der Waals surface area contributed by atoms with E-state index in [0.717, 1.165) is 32.0 Å². The Morgan fingerprint density at radius 1 is 1.32 bits per heavy atom. The molecule has 2 unspecified atom stereocenters. The molecule has 0 bridgehead atoms. The number of likely N-dealkylation sites (tertiary alicyclic amines) is 1. The van der Waals surface area contributed by atoms with Gasteiger partial charge in [-0.2, -0.15) is 0 Å². The minimum atomic E-state index is -0.413. The molecule has 0 aliphatic carbocycles. The molecule has 0 spiro atoms. The van der Waals surface area contributed by atoms with E-state index in [1.54, 1.807) is 0 Å². The summed E-state index contributed by atoms with van der Waals surface area (Å²) in [5.74, 6) is 1.28. The van der Waals surface area contributed by atoms with Crippen LogP contribution < -0.4 is 5.32 Å². The van der Waals surface area contributed by atoms with E-state index in [9.17, 15) is 4.79 Å². The molecule has 130 valence electrons. The number of hydrogen-bond acceptors (Lipinski definition) is 3. The third-order valence-corrected chi connectivity index (χ3v) is 4.70. The van der Waals surface area contributed by atoms with Crippen LogP contribution in [0.4, 0.5) is 4.79 Å². The van der Waals surface area contributed by atoms with Crippen molar-refractivity contribution in [3.05, 3.63) is 0 Å². The number of nitrogens with one attached hydrogen (secondary N) is 1. The number of carbonyl (C=O) groups excluding carboxylic acids is 1. The van der Waals surface area contributed by atoms with Crippen LogP contribution in [-0.2, 0) is 4.74 Å². The Kier molecular flexibility index (Phi) is 7.67. The Labute approximate surface area is 137 Å². The summed E-state index contributed by atoms with van der Waals surface area (Å²) in [7, 11) is 0. The van der Waals surface area contributed by atoms with E-state index in [1.165, 1.54) is 19.3 Å². The fourth-order valence-electron chi connectivity index (χ4n) is 3.01. The smallest absolute Gasteiger partial charge is 0.410 e.